The Morgan fingerprint density at radius 2 is 2.35 bits per heavy atom. The molecule has 6 heteroatoms. The van der Waals surface area contributed by atoms with Gasteiger partial charge >= 0.3 is 0 Å². The van der Waals surface area contributed by atoms with Gasteiger partial charge in [-0.05, 0) is 31.2 Å². The lowest BCUT2D eigenvalue weighted by molar-refractivity contribution is -0.125. The first-order valence-electron chi connectivity index (χ1n) is 7.73. The first kappa shape index (κ1) is 15.4. The highest BCUT2D eigenvalue weighted by Crippen LogP contribution is 2.36. The maximum absolute atomic E-state index is 11.5. The molecule has 23 heavy (non-hydrogen) atoms. The van der Waals surface area contributed by atoms with Crippen molar-refractivity contribution in [3.05, 3.63) is 36.5 Å². The fourth-order valence-corrected chi connectivity index (χ4v) is 2.75. The molecule has 1 aromatic rings. The van der Waals surface area contributed by atoms with Gasteiger partial charge < -0.3 is 20.1 Å². The summed E-state index contributed by atoms with van der Waals surface area (Å²) in [6, 6.07) is 5.50. The standard InChI is InChI=1S/C17H21N3O3/c1-3-20-8-9-22-14-10-12(6-7-13(14)17(20)19-2)23-15(16(18)21)11-4-5-11/h3,6-7,10-11,15H,1,4-5,8-9H2,2H3,(H2,18,21). The van der Waals surface area contributed by atoms with Gasteiger partial charge in [-0.25, -0.2) is 0 Å². The Bertz CT molecular complexity index is 652. The molecule has 0 bridgehead atoms. The van der Waals surface area contributed by atoms with Crippen molar-refractivity contribution in [2.75, 3.05) is 20.2 Å². The van der Waals surface area contributed by atoms with Crippen molar-refractivity contribution in [1.82, 2.24) is 4.90 Å². The number of primary amides is 1. The lowest BCUT2D eigenvalue weighted by atomic mass is 10.1. The first-order valence-corrected chi connectivity index (χ1v) is 7.73. The Labute approximate surface area is 135 Å². The van der Waals surface area contributed by atoms with Crippen LogP contribution >= 0.6 is 0 Å². The molecule has 1 saturated carbocycles. The van der Waals surface area contributed by atoms with Crippen LogP contribution in [-0.2, 0) is 4.79 Å². The van der Waals surface area contributed by atoms with Gasteiger partial charge in [0.15, 0.2) is 6.10 Å². The molecule has 2 aliphatic rings. The van der Waals surface area contributed by atoms with E-state index in [9.17, 15) is 4.79 Å². The molecule has 1 heterocycles. The van der Waals surface area contributed by atoms with Crippen molar-refractivity contribution >= 4 is 11.7 Å². The van der Waals surface area contributed by atoms with Crippen molar-refractivity contribution in [1.29, 1.82) is 0 Å². The van der Waals surface area contributed by atoms with Crippen molar-refractivity contribution in [3.8, 4) is 11.5 Å². The van der Waals surface area contributed by atoms with Gasteiger partial charge in [-0.1, -0.05) is 6.58 Å². The third kappa shape index (κ3) is 3.16. The van der Waals surface area contributed by atoms with E-state index in [-0.39, 0.29) is 5.92 Å². The Morgan fingerprint density at radius 1 is 1.57 bits per heavy atom. The lowest BCUT2D eigenvalue weighted by Gasteiger charge is -2.19. The number of hydrogen-bond donors (Lipinski definition) is 1. The molecule has 1 aliphatic heterocycles. The summed E-state index contributed by atoms with van der Waals surface area (Å²) in [5.74, 6) is 1.88. The fourth-order valence-electron chi connectivity index (χ4n) is 2.75. The minimum atomic E-state index is -0.567. The topological polar surface area (TPSA) is 77.1 Å². The van der Waals surface area contributed by atoms with E-state index in [2.05, 4.69) is 11.6 Å². The van der Waals surface area contributed by atoms with Gasteiger partial charge in [-0.15, -0.1) is 0 Å². The summed E-state index contributed by atoms with van der Waals surface area (Å²) >= 11 is 0. The molecule has 0 spiro atoms. The SMILES string of the molecule is C=CN1CCOc2cc(OC(C(N)=O)C3CC3)ccc2C1=NC. The van der Waals surface area contributed by atoms with Gasteiger partial charge in [-0.3, -0.25) is 9.79 Å². The van der Waals surface area contributed by atoms with Gasteiger partial charge in [0, 0.05) is 19.0 Å². The average molecular weight is 315 g/mol. The number of aliphatic imine (C=N–C) groups is 1. The van der Waals surface area contributed by atoms with Crippen molar-refractivity contribution in [2.24, 2.45) is 16.6 Å². The Kier molecular flexibility index (Phi) is 4.23. The van der Waals surface area contributed by atoms with Gasteiger partial charge in [0.05, 0.1) is 12.1 Å². The average Bonchev–Trinajstić information content (AvgIpc) is 3.37. The van der Waals surface area contributed by atoms with E-state index in [1.165, 1.54) is 0 Å². The van der Waals surface area contributed by atoms with Crippen LogP contribution in [0.15, 0.2) is 36.0 Å². The highest BCUT2D eigenvalue weighted by molar-refractivity contribution is 6.02. The second-order valence-corrected chi connectivity index (χ2v) is 5.71. The number of amides is 1. The number of nitrogens with two attached hydrogens (primary N) is 1. The molecule has 1 unspecified atom stereocenters. The molecule has 1 aliphatic carbocycles. The summed E-state index contributed by atoms with van der Waals surface area (Å²) < 4.78 is 11.6. The molecule has 0 radical (unpaired) electrons. The van der Waals surface area contributed by atoms with E-state index in [1.54, 1.807) is 19.3 Å². The van der Waals surface area contributed by atoms with Crippen LogP contribution in [0.4, 0.5) is 0 Å². The molecule has 1 fully saturated rings. The van der Waals surface area contributed by atoms with E-state index in [0.717, 1.165) is 24.2 Å². The maximum atomic E-state index is 11.5. The van der Waals surface area contributed by atoms with E-state index in [0.29, 0.717) is 24.7 Å². The summed E-state index contributed by atoms with van der Waals surface area (Å²) in [6.07, 6.45) is 3.13. The monoisotopic (exact) mass is 315 g/mol. The number of hydrogen-bond acceptors (Lipinski definition) is 4. The van der Waals surface area contributed by atoms with Gasteiger partial charge in [0.25, 0.3) is 5.91 Å². The predicted octanol–water partition coefficient (Wildman–Crippen LogP) is 1.54. The lowest BCUT2D eigenvalue weighted by Crippen LogP contribution is -2.35. The van der Waals surface area contributed by atoms with E-state index in [4.69, 9.17) is 15.2 Å². The van der Waals surface area contributed by atoms with Crippen LogP contribution in [0.3, 0.4) is 0 Å². The molecule has 122 valence electrons. The Morgan fingerprint density at radius 3 is 2.96 bits per heavy atom. The van der Waals surface area contributed by atoms with Crippen molar-refractivity contribution in [3.63, 3.8) is 0 Å². The zero-order valence-corrected chi connectivity index (χ0v) is 13.2. The van der Waals surface area contributed by atoms with Gasteiger partial charge in [0.1, 0.15) is 23.9 Å². The van der Waals surface area contributed by atoms with Crippen LogP contribution in [0, 0.1) is 5.92 Å². The number of carbonyl (C=O) groups is 1. The summed E-state index contributed by atoms with van der Waals surface area (Å²) in [6.45, 7) is 5.00. The normalized spacial score (nSPS) is 20.2. The van der Waals surface area contributed by atoms with Crippen LogP contribution in [0.25, 0.3) is 0 Å². The van der Waals surface area contributed by atoms with Crippen molar-refractivity contribution in [2.45, 2.75) is 18.9 Å². The smallest absolute Gasteiger partial charge is 0.258 e. The second-order valence-electron chi connectivity index (χ2n) is 5.71. The highest BCUT2D eigenvalue weighted by atomic mass is 16.5. The molecule has 0 saturated heterocycles. The number of carbonyl (C=O) groups excluding carboxylic acids is 1. The van der Waals surface area contributed by atoms with Crippen LogP contribution in [0.1, 0.15) is 18.4 Å². The zero-order chi connectivity index (χ0) is 16.4. The minimum Gasteiger partial charge on any atom is -0.491 e. The molecule has 1 aromatic carbocycles. The first-order chi connectivity index (χ1) is 11.1. The Balaban J connectivity index is 1.88. The molecule has 3 rings (SSSR count). The molecule has 1 atom stereocenters. The van der Waals surface area contributed by atoms with Crippen LogP contribution in [0.2, 0.25) is 0 Å². The zero-order valence-electron chi connectivity index (χ0n) is 13.2. The van der Waals surface area contributed by atoms with Crippen molar-refractivity contribution < 1.29 is 14.3 Å². The van der Waals surface area contributed by atoms with E-state index in [1.807, 2.05) is 17.0 Å². The number of rotatable bonds is 5. The number of amidine groups is 1. The highest BCUT2D eigenvalue weighted by Gasteiger charge is 2.37. The van der Waals surface area contributed by atoms with Crippen LogP contribution in [0.5, 0.6) is 11.5 Å². The summed E-state index contributed by atoms with van der Waals surface area (Å²) in [7, 11) is 1.74. The second kappa shape index (κ2) is 6.32. The van der Waals surface area contributed by atoms with Gasteiger partial charge in [0.2, 0.25) is 0 Å². The largest absolute Gasteiger partial charge is 0.491 e. The number of benzene rings is 1. The van der Waals surface area contributed by atoms with Crippen LogP contribution < -0.4 is 15.2 Å². The molecule has 2 N–H and O–H groups in total. The molecular weight excluding hydrogens is 294 g/mol. The summed E-state index contributed by atoms with van der Waals surface area (Å²) in [4.78, 5) is 17.8. The fraction of sp³-hybridized carbons (Fsp3) is 0.412. The van der Waals surface area contributed by atoms with Crippen LogP contribution in [-0.4, -0.2) is 42.9 Å². The minimum absolute atomic E-state index is 0.233. The molecular formula is C17H21N3O3. The molecule has 6 nitrogen and oxygen atoms in total. The van der Waals surface area contributed by atoms with Gasteiger partial charge in [-0.2, -0.15) is 0 Å². The Hall–Kier alpha value is -2.50. The predicted molar refractivity (Wildman–Crippen MR) is 87.6 cm³/mol. The number of nitrogens with zero attached hydrogens (tertiary/aromatic N) is 2. The van der Waals surface area contributed by atoms with E-state index < -0.39 is 12.0 Å². The number of ether oxygens (including phenoxy) is 2. The molecule has 1 amide bonds. The van der Waals surface area contributed by atoms with E-state index >= 15 is 0 Å². The number of fused-ring (bicyclic) bond motifs is 1. The molecule has 0 aromatic heterocycles. The quantitative estimate of drug-likeness (QED) is 0.894. The summed E-state index contributed by atoms with van der Waals surface area (Å²) in [5, 5.41) is 0. The maximum Gasteiger partial charge on any atom is 0.258 e. The summed E-state index contributed by atoms with van der Waals surface area (Å²) in [5.41, 5.74) is 6.31. The third-order valence-electron chi connectivity index (χ3n) is 4.08. The third-order valence-corrected chi connectivity index (χ3v) is 4.08.